The predicted molar refractivity (Wildman–Crippen MR) is 143 cm³/mol. The highest BCUT2D eigenvalue weighted by Crippen LogP contribution is 2.36. The lowest BCUT2D eigenvalue weighted by molar-refractivity contribution is -0.123. The van der Waals surface area contributed by atoms with Crippen molar-refractivity contribution in [2.24, 2.45) is 0 Å². The van der Waals surface area contributed by atoms with E-state index in [4.69, 9.17) is 0 Å². The molecule has 1 aliphatic heterocycles. The fourth-order valence-corrected chi connectivity index (χ4v) is 5.43. The van der Waals surface area contributed by atoms with Gasteiger partial charge in [0.1, 0.15) is 0 Å². The molecule has 2 aliphatic rings. The summed E-state index contributed by atoms with van der Waals surface area (Å²) in [5, 5.41) is 3.10. The van der Waals surface area contributed by atoms with Crippen LogP contribution in [0.15, 0.2) is 72.8 Å². The molecule has 5 rings (SSSR count). The zero-order valence-electron chi connectivity index (χ0n) is 21.1. The summed E-state index contributed by atoms with van der Waals surface area (Å²) in [4.78, 5) is 29.9. The molecule has 1 aliphatic carbocycles. The van der Waals surface area contributed by atoms with Gasteiger partial charge in [-0.25, -0.2) is 0 Å². The van der Waals surface area contributed by atoms with Crippen molar-refractivity contribution < 1.29 is 9.59 Å². The predicted octanol–water partition coefficient (Wildman–Crippen LogP) is 5.04. The maximum Gasteiger partial charge on any atom is 0.253 e. The first kappa shape index (κ1) is 24.3. The van der Waals surface area contributed by atoms with E-state index in [-0.39, 0.29) is 17.9 Å². The van der Waals surface area contributed by atoms with Crippen LogP contribution in [0.4, 0.5) is 0 Å². The number of fused-ring (bicyclic) bond motifs is 1. The van der Waals surface area contributed by atoms with Gasteiger partial charge in [-0.1, -0.05) is 66.2 Å². The van der Waals surface area contributed by atoms with Crippen molar-refractivity contribution in [1.82, 2.24) is 15.1 Å². The van der Waals surface area contributed by atoms with E-state index in [2.05, 4.69) is 65.7 Å². The molecule has 0 aromatic heterocycles. The van der Waals surface area contributed by atoms with Gasteiger partial charge in [0.05, 0.1) is 6.54 Å². The Balaban J connectivity index is 1.22. The van der Waals surface area contributed by atoms with Crippen molar-refractivity contribution in [3.8, 4) is 0 Å². The van der Waals surface area contributed by atoms with Crippen LogP contribution < -0.4 is 5.32 Å². The zero-order chi connectivity index (χ0) is 24.9. The largest absolute Gasteiger partial charge is 0.351 e. The SMILES string of the molecule is Cc1ccc(CN(CC(=O)NCc2ccc(C(=O)N3CCCC3)cc2)C2CCc3ccccc32)cc1. The van der Waals surface area contributed by atoms with E-state index in [1.165, 1.54) is 22.3 Å². The van der Waals surface area contributed by atoms with Gasteiger partial charge in [0, 0.05) is 37.8 Å². The van der Waals surface area contributed by atoms with Gasteiger partial charge in [0.15, 0.2) is 0 Å². The van der Waals surface area contributed by atoms with E-state index in [1.54, 1.807) is 0 Å². The number of hydrogen-bond donors (Lipinski definition) is 1. The first-order valence-electron chi connectivity index (χ1n) is 13.1. The molecule has 0 radical (unpaired) electrons. The number of likely N-dealkylation sites (tertiary alicyclic amines) is 1. The van der Waals surface area contributed by atoms with Crippen LogP contribution >= 0.6 is 0 Å². The molecular weight excluding hydrogens is 446 g/mol. The van der Waals surface area contributed by atoms with Crippen LogP contribution in [0.2, 0.25) is 0 Å². The van der Waals surface area contributed by atoms with E-state index in [0.29, 0.717) is 13.1 Å². The van der Waals surface area contributed by atoms with Crippen molar-refractivity contribution in [2.75, 3.05) is 19.6 Å². The highest BCUT2D eigenvalue weighted by Gasteiger charge is 2.29. The molecule has 0 spiro atoms. The molecule has 0 saturated carbocycles. The topological polar surface area (TPSA) is 52.7 Å². The summed E-state index contributed by atoms with van der Waals surface area (Å²) in [5.41, 5.74) is 6.91. The standard InChI is InChI=1S/C31H35N3O2/c1-23-8-10-25(11-9-23)21-34(29-17-16-26-6-2-3-7-28(26)29)22-30(35)32-20-24-12-14-27(15-13-24)31(36)33-18-4-5-19-33/h2-3,6-15,29H,4-5,16-22H2,1H3,(H,32,35). The van der Waals surface area contributed by atoms with Crippen LogP contribution in [0.25, 0.3) is 0 Å². The van der Waals surface area contributed by atoms with Crippen molar-refractivity contribution in [2.45, 2.75) is 51.7 Å². The number of benzene rings is 3. The van der Waals surface area contributed by atoms with Gasteiger partial charge in [-0.05, 0) is 67.0 Å². The molecule has 5 heteroatoms. The van der Waals surface area contributed by atoms with E-state index >= 15 is 0 Å². The third-order valence-corrected chi connectivity index (χ3v) is 7.48. The summed E-state index contributed by atoms with van der Waals surface area (Å²) in [6.07, 6.45) is 4.26. The second kappa shape index (κ2) is 11.1. The fourth-order valence-electron chi connectivity index (χ4n) is 5.43. The van der Waals surface area contributed by atoms with Crippen LogP contribution in [0.1, 0.15) is 63.5 Å². The van der Waals surface area contributed by atoms with Crippen molar-refractivity contribution in [1.29, 1.82) is 0 Å². The number of rotatable bonds is 8. The molecular formula is C31H35N3O2. The van der Waals surface area contributed by atoms with Crippen LogP contribution in [0.5, 0.6) is 0 Å². The monoisotopic (exact) mass is 481 g/mol. The smallest absolute Gasteiger partial charge is 0.253 e. The minimum Gasteiger partial charge on any atom is -0.351 e. The number of amides is 2. The summed E-state index contributed by atoms with van der Waals surface area (Å²) in [5.74, 6) is 0.121. The molecule has 2 amide bonds. The average molecular weight is 482 g/mol. The van der Waals surface area contributed by atoms with Gasteiger partial charge < -0.3 is 10.2 Å². The second-order valence-electron chi connectivity index (χ2n) is 10.1. The molecule has 36 heavy (non-hydrogen) atoms. The van der Waals surface area contributed by atoms with Gasteiger partial charge in [-0.15, -0.1) is 0 Å². The molecule has 5 nitrogen and oxygen atoms in total. The Morgan fingerprint density at radius 1 is 0.917 bits per heavy atom. The Kier molecular flexibility index (Phi) is 7.47. The molecule has 1 unspecified atom stereocenters. The zero-order valence-corrected chi connectivity index (χ0v) is 21.1. The van der Waals surface area contributed by atoms with Gasteiger partial charge in [-0.2, -0.15) is 0 Å². The van der Waals surface area contributed by atoms with Gasteiger partial charge in [0.2, 0.25) is 5.91 Å². The normalized spacial score (nSPS) is 16.8. The second-order valence-corrected chi connectivity index (χ2v) is 10.1. The molecule has 1 heterocycles. The number of hydrogen-bond acceptors (Lipinski definition) is 3. The van der Waals surface area contributed by atoms with E-state index in [9.17, 15) is 9.59 Å². The number of aryl methyl sites for hydroxylation is 2. The van der Waals surface area contributed by atoms with Gasteiger partial charge in [-0.3, -0.25) is 14.5 Å². The maximum atomic E-state index is 13.1. The average Bonchev–Trinajstić information content (AvgIpc) is 3.59. The van der Waals surface area contributed by atoms with Gasteiger partial charge in [0.25, 0.3) is 5.91 Å². The number of carbonyl (C=O) groups is 2. The summed E-state index contributed by atoms with van der Waals surface area (Å²) in [7, 11) is 0. The molecule has 186 valence electrons. The summed E-state index contributed by atoms with van der Waals surface area (Å²) < 4.78 is 0. The molecule has 1 atom stereocenters. The van der Waals surface area contributed by atoms with Crippen LogP contribution in [0, 0.1) is 6.92 Å². The maximum absolute atomic E-state index is 13.1. The minimum absolute atomic E-state index is 0.0173. The molecule has 1 saturated heterocycles. The van der Waals surface area contributed by atoms with E-state index in [0.717, 1.165) is 56.4 Å². The van der Waals surface area contributed by atoms with Crippen LogP contribution in [0.3, 0.4) is 0 Å². The van der Waals surface area contributed by atoms with E-state index in [1.807, 2.05) is 29.2 Å². The number of carbonyl (C=O) groups excluding carboxylic acids is 2. The molecule has 3 aromatic rings. The molecule has 3 aromatic carbocycles. The molecule has 0 bridgehead atoms. The number of nitrogens with zero attached hydrogens (tertiary/aromatic N) is 2. The lowest BCUT2D eigenvalue weighted by atomic mass is 10.1. The van der Waals surface area contributed by atoms with E-state index < -0.39 is 0 Å². The Morgan fingerprint density at radius 2 is 1.61 bits per heavy atom. The summed E-state index contributed by atoms with van der Waals surface area (Å²) in [6.45, 7) is 5.33. The first-order valence-corrected chi connectivity index (χ1v) is 13.1. The fraction of sp³-hybridized carbons (Fsp3) is 0.355. The Hall–Kier alpha value is -3.44. The summed E-state index contributed by atoms with van der Waals surface area (Å²) in [6, 6.07) is 25.1. The highest BCUT2D eigenvalue weighted by molar-refractivity contribution is 5.94. The van der Waals surface area contributed by atoms with Crippen molar-refractivity contribution in [3.05, 3.63) is 106 Å². The summed E-state index contributed by atoms with van der Waals surface area (Å²) >= 11 is 0. The van der Waals surface area contributed by atoms with Gasteiger partial charge >= 0.3 is 0 Å². The third kappa shape index (κ3) is 5.68. The molecule has 1 fully saturated rings. The lowest BCUT2D eigenvalue weighted by Crippen LogP contribution is -2.38. The van der Waals surface area contributed by atoms with Crippen molar-refractivity contribution >= 4 is 11.8 Å². The quantitative estimate of drug-likeness (QED) is 0.491. The van der Waals surface area contributed by atoms with Crippen molar-refractivity contribution in [3.63, 3.8) is 0 Å². The lowest BCUT2D eigenvalue weighted by Gasteiger charge is -2.29. The number of nitrogens with one attached hydrogen (secondary N) is 1. The Labute approximate surface area is 214 Å². The first-order chi connectivity index (χ1) is 17.6. The third-order valence-electron chi connectivity index (χ3n) is 7.48. The molecule has 1 N–H and O–H groups in total. The van der Waals surface area contributed by atoms with Crippen LogP contribution in [-0.4, -0.2) is 41.2 Å². The minimum atomic E-state index is 0.0173. The highest BCUT2D eigenvalue weighted by atomic mass is 16.2. The Bertz CT molecular complexity index is 1200. The Morgan fingerprint density at radius 3 is 2.36 bits per heavy atom. The van der Waals surface area contributed by atoms with Crippen LogP contribution in [-0.2, 0) is 24.3 Å².